The van der Waals surface area contributed by atoms with Crippen molar-refractivity contribution in [2.45, 2.75) is 27.7 Å². The Balaban J connectivity index is 0. The van der Waals surface area contributed by atoms with Crippen LogP contribution in [0.2, 0.25) is 0 Å². The molecule has 0 nitrogen and oxygen atoms in total. The van der Waals surface area contributed by atoms with Gasteiger partial charge in [-0.05, 0) is 27.7 Å². The Hall–Kier alpha value is -1.30. The van der Waals surface area contributed by atoms with Gasteiger partial charge in [0.2, 0.25) is 0 Å². The second kappa shape index (κ2) is 9.79. The highest BCUT2D eigenvalue weighted by molar-refractivity contribution is 5.19. The largest absolute Gasteiger partial charge is 0.106 e. The summed E-state index contributed by atoms with van der Waals surface area (Å²) in [5.74, 6) is 0. The first-order valence-corrected chi connectivity index (χ1v) is 4.67. The molecule has 78 valence electrons. The second-order valence-corrected chi connectivity index (χ2v) is 3.36. The van der Waals surface area contributed by atoms with Gasteiger partial charge in [0.25, 0.3) is 0 Å². The minimum atomic E-state index is 1.17. The molecule has 0 saturated heterocycles. The SMILES string of the molecule is C=C.C=C(C)C.Cc1ccc(C)cc1. The van der Waals surface area contributed by atoms with Gasteiger partial charge in [0.05, 0.1) is 0 Å². The maximum absolute atomic E-state index is 3.56. The predicted molar refractivity (Wildman–Crippen MR) is 67.7 cm³/mol. The fourth-order valence-corrected chi connectivity index (χ4v) is 0.637. The topological polar surface area (TPSA) is 0 Å². The molecule has 0 aliphatic rings. The third-order valence-corrected chi connectivity index (χ3v) is 1.22. The third kappa shape index (κ3) is 13.3. The maximum atomic E-state index is 3.56. The average Bonchev–Trinajstić information content (AvgIpc) is 2.13. The molecule has 0 heterocycles. The van der Waals surface area contributed by atoms with E-state index in [1.165, 1.54) is 16.7 Å². The van der Waals surface area contributed by atoms with E-state index in [0.717, 1.165) is 0 Å². The normalized spacial score (nSPS) is 7.43. The minimum absolute atomic E-state index is 1.17. The Morgan fingerprint density at radius 3 is 1.14 bits per heavy atom. The van der Waals surface area contributed by atoms with E-state index in [1.807, 2.05) is 13.8 Å². The zero-order valence-electron chi connectivity index (χ0n) is 9.93. The van der Waals surface area contributed by atoms with E-state index in [-0.39, 0.29) is 0 Å². The summed E-state index contributed by atoms with van der Waals surface area (Å²) in [6, 6.07) is 8.48. The van der Waals surface area contributed by atoms with Gasteiger partial charge in [0.1, 0.15) is 0 Å². The van der Waals surface area contributed by atoms with Crippen LogP contribution in [-0.2, 0) is 0 Å². The van der Waals surface area contributed by atoms with Gasteiger partial charge < -0.3 is 0 Å². The van der Waals surface area contributed by atoms with Crippen LogP contribution in [0.15, 0.2) is 49.6 Å². The molecule has 0 aromatic heterocycles. The first-order valence-electron chi connectivity index (χ1n) is 4.67. The van der Waals surface area contributed by atoms with E-state index in [0.29, 0.717) is 0 Å². The first-order chi connectivity index (χ1) is 6.52. The predicted octanol–water partition coefficient (Wildman–Crippen LogP) is 4.69. The first kappa shape index (κ1) is 15.2. The molecule has 0 radical (unpaired) electrons. The zero-order valence-corrected chi connectivity index (χ0v) is 9.93. The molecule has 14 heavy (non-hydrogen) atoms. The number of benzene rings is 1. The molecular formula is C14H22. The van der Waals surface area contributed by atoms with Gasteiger partial charge in [0.15, 0.2) is 0 Å². The van der Waals surface area contributed by atoms with Gasteiger partial charge in [-0.25, -0.2) is 0 Å². The number of hydrogen-bond donors (Lipinski definition) is 0. The lowest BCUT2D eigenvalue weighted by Gasteiger charge is -1.90. The molecule has 0 fully saturated rings. The standard InChI is InChI=1S/C8H10.C4H8.C2H4/c1-7-3-5-8(2)6-4-7;1-4(2)3;1-2/h3-6H,1-2H3;1H2,2-3H3;1-2H2. The van der Waals surface area contributed by atoms with Crippen LogP contribution in [0.25, 0.3) is 0 Å². The van der Waals surface area contributed by atoms with E-state index in [9.17, 15) is 0 Å². The van der Waals surface area contributed by atoms with Crippen LogP contribution in [0.1, 0.15) is 25.0 Å². The van der Waals surface area contributed by atoms with Crippen molar-refractivity contribution in [2.24, 2.45) is 0 Å². The van der Waals surface area contributed by atoms with E-state index >= 15 is 0 Å². The monoisotopic (exact) mass is 190 g/mol. The van der Waals surface area contributed by atoms with E-state index in [2.05, 4.69) is 57.8 Å². The molecule has 0 atom stereocenters. The molecule has 0 amide bonds. The van der Waals surface area contributed by atoms with Gasteiger partial charge >= 0.3 is 0 Å². The van der Waals surface area contributed by atoms with Crippen molar-refractivity contribution in [2.75, 3.05) is 0 Å². The fourth-order valence-electron chi connectivity index (χ4n) is 0.637. The number of hydrogen-bond acceptors (Lipinski definition) is 0. The Morgan fingerprint density at radius 1 is 0.857 bits per heavy atom. The van der Waals surface area contributed by atoms with E-state index in [1.54, 1.807) is 0 Å². The molecule has 1 aromatic rings. The number of aryl methyl sites for hydroxylation is 2. The number of allylic oxidation sites excluding steroid dienone is 1. The highest BCUT2D eigenvalue weighted by Crippen LogP contribution is 1.99. The van der Waals surface area contributed by atoms with Crippen LogP contribution < -0.4 is 0 Å². The lowest BCUT2D eigenvalue weighted by molar-refractivity contribution is 1.40. The zero-order chi connectivity index (χ0) is 11.6. The van der Waals surface area contributed by atoms with Crippen LogP contribution in [0.5, 0.6) is 0 Å². The smallest absolute Gasteiger partial charge is 0.0398 e. The summed E-state index contributed by atoms with van der Waals surface area (Å²) in [6.45, 7) is 17.7. The summed E-state index contributed by atoms with van der Waals surface area (Å²) in [6.07, 6.45) is 0. The summed E-state index contributed by atoms with van der Waals surface area (Å²) in [4.78, 5) is 0. The molecule has 0 aliphatic heterocycles. The van der Waals surface area contributed by atoms with Crippen molar-refractivity contribution >= 4 is 0 Å². The van der Waals surface area contributed by atoms with Gasteiger partial charge in [-0.1, -0.05) is 41.0 Å². The summed E-state index contributed by atoms with van der Waals surface area (Å²) >= 11 is 0. The van der Waals surface area contributed by atoms with E-state index < -0.39 is 0 Å². The van der Waals surface area contributed by atoms with Gasteiger partial charge in [-0.3, -0.25) is 0 Å². The quantitative estimate of drug-likeness (QED) is 0.521. The molecule has 0 spiro atoms. The average molecular weight is 190 g/mol. The van der Waals surface area contributed by atoms with Crippen LogP contribution in [0.3, 0.4) is 0 Å². The van der Waals surface area contributed by atoms with Crippen molar-refractivity contribution in [3.63, 3.8) is 0 Å². The maximum Gasteiger partial charge on any atom is -0.0398 e. The van der Waals surface area contributed by atoms with Crippen molar-refractivity contribution in [1.29, 1.82) is 0 Å². The third-order valence-electron chi connectivity index (χ3n) is 1.22. The summed E-state index contributed by atoms with van der Waals surface area (Å²) in [5, 5.41) is 0. The molecule has 0 unspecified atom stereocenters. The Labute approximate surface area is 89.0 Å². The minimum Gasteiger partial charge on any atom is -0.106 e. The molecule has 0 aliphatic carbocycles. The number of rotatable bonds is 0. The van der Waals surface area contributed by atoms with Gasteiger partial charge in [0, 0.05) is 0 Å². The molecule has 0 heteroatoms. The second-order valence-electron chi connectivity index (χ2n) is 3.36. The van der Waals surface area contributed by atoms with Crippen molar-refractivity contribution in [3.8, 4) is 0 Å². The van der Waals surface area contributed by atoms with Crippen LogP contribution in [-0.4, -0.2) is 0 Å². The lowest BCUT2D eigenvalue weighted by Crippen LogP contribution is -1.70. The lowest BCUT2D eigenvalue weighted by atomic mass is 10.2. The molecule has 1 aromatic carbocycles. The summed E-state index contributed by atoms with van der Waals surface area (Å²) in [7, 11) is 0. The highest BCUT2D eigenvalue weighted by Gasteiger charge is 1.79. The van der Waals surface area contributed by atoms with E-state index in [4.69, 9.17) is 0 Å². The Morgan fingerprint density at radius 2 is 1.00 bits per heavy atom. The Kier molecular flexibility index (Phi) is 10.6. The van der Waals surface area contributed by atoms with Crippen LogP contribution >= 0.6 is 0 Å². The van der Waals surface area contributed by atoms with Gasteiger partial charge in [-0.2, -0.15) is 0 Å². The van der Waals surface area contributed by atoms with Crippen molar-refractivity contribution in [1.82, 2.24) is 0 Å². The van der Waals surface area contributed by atoms with Crippen molar-refractivity contribution < 1.29 is 0 Å². The molecule has 0 N–H and O–H groups in total. The summed E-state index contributed by atoms with van der Waals surface area (Å²) < 4.78 is 0. The highest BCUT2D eigenvalue weighted by atomic mass is 13.9. The Bertz CT molecular complexity index is 216. The molecule has 0 bridgehead atoms. The summed E-state index contributed by atoms with van der Waals surface area (Å²) in [5.41, 5.74) is 3.83. The fraction of sp³-hybridized carbons (Fsp3) is 0.286. The molecular weight excluding hydrogens is 168 g/mol. The molecule has 1 rings (SSSR count). The van der Waals surface area contributed by atoms with Crippen LogP contribution in [0.4, 0.5) is 0 Å². The molecule has 0 saturated carbocycles. The van der Waals surface area contributed by atoms with Crippen LogP contribution in [0, 0.1) is 13.8 Å². The van der Waals surface area contributed by atoms with Gasteiger partial charge in [-0.15, -0.1) is 19.7 Å². The van der Waals surface area contributed by atoms with Crippen molar-refractivity contribution in [3.05, 3.63) is 60.7 Å².